The van der Waals surface area contributed by atoms with Gasteiger partial charge in [0.25, 0.3) is 0 Å². The molecule has 0 unspecified atom stereocenters. The molecule has 0 radical (unpaired) electrons. The summed E-state index contributed by atoms with van der Waals surface area (Å²) < 4.78 is 6.28. The number of hydrogen-bond donors (Lipinski definition) is 0. The van der Waals surface area contributed by atoms with E-state index in [0.29, 0.717) is 5.56 Å². The molecule has 1 rings (SSSR count). The molecule has 0 aliphatic heterocycles. The van der Waals surface area contributed by atoms with E-state index in [2.05, 4.69) is 10.1 Å². The van der Waals surface area contributed by atoms with Crippen molar-refractivity contribution in [3.05, 3.63) is 17.5 Å². The Kier molecular flexibility index (Phi) is 3.76. The Morgan fingerprint density at radius 3 is 3.07 bits per heavy atom. The molecule has 0 aliphatic rings. The summed E-state index contributed by atoms with van der Waals surface area (Å²) in [7, 11) is 1.68. The van der Waals surface area contributed by atoms with Gasteiger partial charge in [-0.2, -0.15) is 5.10 Å². The third kappa shape index (κ3) is 2.75. The Balaban J connectivity index is 2.94. The van der Waals surface area contributed by atoms with Crippen molar-refractivity contribution in [3.63, 3.8) is 0 Å². The van der Waals surface area contributed by atoms with Crippen LogP contribution in [0.1, 0.15) is 23.0 Å². The van der Waals surface area contributed by atoms with Crippen LogP contribution in [0.3, 0.4) is 0 Å². The van der Waals surface area contributed by atoms with Crippen LogP contribution in [0.15, 0.2) is 11.2 Å². The van der Waals surface area contributed by atoms with E-state index in [4.69, 9.17) is 4.74 Å². The van der Waals surface area contributed by atoms with E-state index in [9.17, 15) is 9.59 Å². The molecule has 0 fully saturated rings. The summed E-state index contributed by atoms with van der Waals surface area (Å²) in [6, 6.07) is 0. The Hall–Kier alpha value is -1.94. The predicted octanol–water partition coefficient (Wildman–Crippen LogP) is 0.433. The van der Waals surface area contributed by atoms with Gasteiger partial charge in [0, 0.05) is 18.8 Å². The lowest BCUT2D eigenvalue weighted by Gasteiger charge is -1.98. The molecule has 1 aromatic heterocycles. The summed E-state index contributed by atoms with van der Waals surface area (Å²) >= 11 is 0. The smallest absolute Gasteiger partial charge is 0.359 e. The van der Waals surface area contributed by atoms with Crippen LogP contribution in [0.4, 0.5) is 0 Å². The summed E-state index contributed by atoms with van der Waals surface area (Å²) in [6.45, 7) is 2.08. The number of hydrogen-bond acceptors (Lipinski definition) is 5. The van der Waals surface area contributed by atoms with Gasteiger partial charge in [-0.3, -0.25) is 4.68 Å². The number of isocyanates is 1. The van der Waals surface area contributed by atoms with Crippen LogP contribution >= 0.6 is 0 Å². The van der Waals surface area contributed by atoms with Gasteiger partial charge < -0.3 is 4.74 Å². The molecule has 0 saturated carbocycles. The van der Waals surface area contributed by atoms with Crippen LogP contribution in [0.5, 0.6) is 0 Å². The molecular formula is C9H11N3O3. The lowest BCUT2D eigenvalue weighted by molar-refractivity contribution is 0.0517. The molecule has 0 spiro atoms. The molecule has 80 valence electrons. The van der Waals surface area contributed by atoms with Gasteiger partial charge in [-0.05, 0) is 6.92 Å². The third-order valence-corrected chi connectivity index (χ3v) is 1.69. The highest BCUT2D eigenvalue weighted by molar-refractivity contribution is 5.88. The first-order valence-electron chi connectivity index (χ1n) is 4.42. The van der Waals surface area contributed by atoms with Gasteiger partial charge in [0.1, 0.15) is 0 Å². The highest BCUT2D eigenvalue weighted by Gasteiger charge is 2.16. The summed E-state index contributed by atoms with van der Waals surface area (Å²) in [5.74, 6) is -0.505. The lowest BCUT2D eigenvalue weighted by atomic mass is 10.2. The number of esters is 1. The van der Waals surface area contributed by atoms with Gasteiger partial charge in [-0.25, -0.2) is 14.6 Å². The number of aromatic nitrogens is 2. The van der Waals surface area contributed by atoms with Crippen molar-refractivity contribution in [2.24, 2.45) is 12.0 Å². The van der Waals surface area contributed by atoms with Crippen LogP contribution in [0, 0.1) is 0 Å². The van der Waals surface area contributed by atoms with Gasteiger partial charge in [-0.1, -0.05) is 0 Å². The summed E-state index contributed by atoms with van der Waals surface area (Å²) in [5, 5.41) is 3.93. The second kappa shape index (κ2) is 5.07. The summed E-state index contributed by atoms with van der Waals surface area (Å²) in [4.78, 5) is 24.8. The van der Waals surface area contributed by atoms with Crippen molar-refractivity contribution in [1.29, 1.82) is 0 Å². The van der Waals surface area contributed by atoms with Gasteiger partial charge in [0.2, 0.25) is 6.08 Å². The van der Waals surface area contributed by atoms with E-state index >= 15 is 0 Å². The van der Waals surface area contributed by atoms with Crippen molar-refractivity contribution in [3.8, 4) is 0 Å². The first-order chi connectivity index (χ1) is 7.19. The van der Waals surface area contributed by atoms with Crippen LogP contribution < -0.4 is 0 Å². The first-order valence-corrected chi connectivity index (χ1v) is 4.42. The fraction of sp³-hybridized carbons (Fsp3) is 0.444. The number of aliphatic imine (C=N–C) groups is 1. The maximum Gasteiger partial charge on any atom is 0.359 e. The van der Waals surface area contributed by atoms with Crippen molar-refractivity contribution in [1.82, 2.24) is 9.78 Å². The number of ether oxygens (including phenoxy) is 1. The molecular weight excluding hydrogens is 198 g/mol. The van der Waals surface area contributed by atoms with Crippen molar-refractivity contribution < 1.29 is 14.3 Å². The Morgan fingerprint density at radius 2 is 2.47 bits per heavy atom. The Labute approximate surface area is 86.6 Å². The highest BCUT2D eigenvalue weighted by atomic mass is 16.5. The molecule has 6 heteroatoms. The molecule has 0 N–H and O–H groups in total. The minimum absolute atomic E-state index is 0.0888. The molecule has 0 amide bonds. The van der Waals surface area contributed by atoms with E-state index in [0.717, 1.165) is 0 Å². The quantitative estimate of drug-likeness (QED) is 0.409. The average molecular weight is 209 g/mol. The van der Waals surface area contributed by atoms with Crippen molar-refractivity contribution in [2.45, 2.75) is 13.5 Å². The summed E-state index contributed by atoms with van der Waals surface area (Å²) in [5.41, 5.74) is 0.748. The molecule has 0 saturated heterocycles. The van der Waals surface area contributed by atoms with E-state index in [1.54, 1.807) is 20.2 Å². The van der Waals surface area contributed by atoms with Crippen LogP contribution in [0.2, 0.25) is 0 Å². The molecule has 1 aromatic rings. The maximum absolute atomic E-state index is 11.4. The molecule has 15 heavy (non-hydrogen) atoms. The zero-order valence-corrected chi connectivity index (χ0v) is 8.56. The third-order valence-electron chi connectivity index (χ3n) is 1.69. The maximum atomic E-state index is 11.4. The highest BCUT2D eigenvalue weighted by Crippen LogP contribution is 2.09. The number of carbonyl (C=O) groups is 1. The molecule has 6 nitrogen and oxygen atoms in total. The lowest BCUT2D eigenvalue weighted by Crippen LogP contribution is -2.08. The van der Waals surface area contributed by atoms with E-state index in [-0.39, 0.29) is 18.8 Å². The molecule has 0 aliphatic carbocycles. The van der Waals surface area contributed by atoms with Crippen LogP contribution in [0.25, 0.3) is 0 Å². The fourth-order valence-corrected chi connectivity index (χ4v) is 1.14. The Morgan fingerprint density at radius 1 is 1.73 bits per heavy atom. The number of carbonyl (C=O) groups excluding carboxylic acids is 2. The molecule has 0 aromatic carbocycles. The zero-order chi connectivity index (χ0) is 11.3. The fourth-order valence-electron chi connectivity index (χ4n) is 1.14. The van der Waals surface area contributed by atoms with Crippen molar-refractivity contribution in [2.75, 3.05) is 6.61 Å². The van der Waals surface area contributed by atoms with Gasteiger partial charge >= 0.3 is 5.97 Å². The number of nitrogens with zero attached hydrogens (tertiary/aromatic N) is 3. The summed E-state index contributed by atoms with van der Waals surface area (Å²) in [6.07, 6.45) is 3.03. The van der Waals surface area contributed by atoms with Crippen molar-refractivity contribution >= 4 is 12.0 Å². The first kappa shape index (κ1) is 11.1. The number of aryl methyl sites for hydroxylation is 1. The second-order valence-electron chi connectivity index (χ2n) is 2.80. The topological polar surface area (TPSA) is 73.5 Å². The van der Waals surface area contributed by atoms with E-state index in [1.165, 1.54) is 10.8 Å². The Bertz CT molecular complexity index is 405. The normalized spacial score (nSPS) is 9.47. The SMILES string of the molecule is CCOC(=O)c1nn(C)cc1CN=C=O. The average Bonchev–Trinajstić information content (AvgIpc) is 2.57. The number of rotatable bonds is 4. The van der Waals surface area contributed by atoms with Gasteiger partial charge in [-0.15, -0.1) is 0 Å². The zero-order valence-electron chi connectivity index (χ0n) is 8.56. The predicted molar refractivity (Wildman–Crippen MR) is 51.0 cm³/mol. The van der Waals surface area contributed by atoms with Gasteiger partial charge in [0.15, 0.2) is 5.69 Å². The standard InChI is InChI=1S/C9H11N3O3/c1-3-15-9(14)8-7(4-10-6-13)5-12(2)11-8/h5H,3-4H2,1-2H3. The monoisotopic (exact) mass is 209 g/mol. The molecule has 1 heterocycles. The van der Waals surface area contributed by atoms with Crippen LogP contribution in [-0.2, 0) is 23.1 Å². The minimum atomic E-state index is -0.505. The minimum Gasteiger partial charge on any atom is -0.461 e. The van der Waals surface area contributed by atoms with Gasteiger partial charge in [0.05, 0.1) is 13.2 Å². The van der Waals surface area contributed by atoms with E-state index < -0.39 is 5.97 Å². The van der Waals surface area contributed by atoms with Crippen LogP contribution in [-0.4, -0.2) is 28.4 Å². The molecule has 0 atom stereocenters. The van der Waals surface area contributed by atoms with E-state index in [1.807, 2.05) is 0 Å². The molecule has 0 bridgehead atoms. The second-order valence-corrected chi connectivity index (χ2v) is 2.80. The largest absolute Gasteiger partial charge is 0.461 e.